The van der Waals surface area contributed by atoms with Gasteiger partial charge in [0.05, 0.1) is 0 Å². The second-order valence-corrected chi connectivity index (χ2v) is 3.77. The van der Waals surface area contributed by atoms with Crippen molar-refractivity contribution in [2.45, 2.75) is 0 Å². The molecule has 0 aliphatic carbocycles. The first-order chi connectivity index (χ1) is 7.43. The number of hydrogen-bond donors (Lipinski definition) is 1. The number of hydrogen-bond acceptors (Lipinski definition) is 4. The Kier molecular flexibility index (Phi) is 5.18. The third-order valence-electron chi connectivity index (χ3n) is 2.84. The highest BCUT2D eigenvalue weighted by Gasteiger charge is 2.16. The van der Waals surface area contributed by atoms with Gasteiger partial charge < -0.3 is 19.7 Å². The molecule has 3 rings (SSSR count). The van der Waals surface area contributed by atoms with Gasteiger partial charge in [-0.05, 0) is 12.1 Å². The Hall–Kier alpha value is -0.840. The molecule has 2 aliphatic heterocycles. The molecule has 0 aromatic heterocycles. The van der Waals surface area contributed by atoms with Crippen molar-refractivity contribution in [2.24, 2.45) is 0 Å². The van der Waals surface area contributed by atoms with Crippen LogP contribution in [0.3, 0.4) is 0 Å². The third kappa shape index (κ3) is 2.89. The summed E-state index contributed by atoms with van der Waals surface area (Å²) in [6, 6.07) is 6.15. The zero-order chi connectivity index (χ0) is 10.1. The van der Waals surface area contributed by atoms with Crippen LogP contribution in [-0.2, 0) is 0 Å². The molecule has 6 heteroatoms. The van der Waals surface area contributed by atoms with E-state index in [-0.39, 0.29) is 24.8 Å². The molecule has 0 saturated carbocycles. The average Bonchev–Trinajstić information content (AvgIpc) is 2.77. The quantitative estimate of drug-likeness (QED) is 0.848. The van der Waals surface area contributed by atoms with Crippen LogP contribution in [0, 0.1) is 0 Å². The SMILES string of the molecule is Cl.Cl.c1cc2c(cc1N1CCNCC1)OCO2. The Morgan fingerprint density at radius 3 is 2.47 bits per heavy atom. The molecule has 0 bridgehead atoms. The van der Waals surface area contributed by atoms with Gasteiger partial charge in [-0.3, -0.25) is 0 Å². The number of fused-ring (bicyclic) bond motifs is 1. The fourth-order valence-corrected chi connectivity index (χ4v) is 2.00. The highest BCUT2D eigenvalue weighted by Crippen LogP contribution is 2.35. The number of rotatable bonds is 1. The molecule has 1 fully saturated rings. The van der Waals surface area contributed by atoms with Gasteiger partial charge in [-0.25, -0.2) is 0 Å². The van der Waals surface area contributed by atoms with Crippen LogP contribution in [0.2, 0.25) is 0 Å². The summed E-state index contributed by atoms with van der Waals surface area (Å²) in [5.41, 5.74) is 1.22. The van der Waals surface area contributed by atoms with E-state index in [0.717, 1.165) is 37.7 Å². The minimum absolute atomic E-state index is 0. The fourth-order valence-electron chi connectivity index (χ4n) is 2.00. The first kappa shape index (κ1) is 14.2. The number of benzene rings is 1. The van der Waals surface area contributed by atoms with Crippen molar-refractivity contribution in [3.05, 3.63) is 18.2 Å². The van der Waals surface area contributed by atoms with Crippen LogP contribution in [0.15, 0.2) is 18.2 Å². The predicted molar refractivity (Wildman–Crippen MR) is 72.1 cm³/mol. The lowest BCUT2D eigenvalue weighted by atomic mass is 10.2. The minimum Gasteiger partial charge on any atom is -0.454 e. The number of halogens is 2. The van der Waals surface area contributed by atoms with E-state index in [4.69, 9.17) is 9.47 Å². The van der Waals surface area contributed by atoms with Crippen LogP contribution < -0.4 is 19.7 Å². The van der Waals surface area contributed by atoms with Crippen molar-refractivity contribution >= 4 is 30.5 Å². The van der Waals surface area contributed by atoms with E-state index in [0.29, 0.717) is 6.79 Å². The normalized spacial score (nSPS) is 17.1. The molecule has 2 heterocycles. The molecule has 4 nitrogen and oxygen atoms in total. The van der Waals surface area contributed by atoms with Crippen LogP contribution >= 0.6 is 24.8 Å². The van der Waals surface area contributed by atoms with Crippen molar-refractivity contribution in [1.29, 1.82) is 0 Å². The Morgan fingerprint density at radius 2 is 1.71 bits per heavy atom. The van der Waals surface area contributed by atoms with Gasteiger partial charge >= 0.3 is 0 Å². The molecule has 0 amide bonds. The topological polar surface area (TPSA) is 33.7 Å². The second kappa shape index (κ2) is 6.19. The van der Waals surface area contributed by atoms with Gasteiger partial charge in [0.1, 0.15) is 0 Å². The van der Waals surface area contributed by atoms with E-state index in [2.05, 4.69) is 22.3 Å². The molecule has 1 aromatic carbocycles. The Balaban J connectivity index is 0.000000722. The van der Waals surface area contributed by atoms with Crippen molar-refractivity contribution < 1.29 is 9.47 Å². The zero-order valence-electron chi connectivity index (χ0n) is 9.35. The lowest BCUT2D eigenvalue weighted by molar-refractivity contribution is 0.174. The van der Waals surface area contributed by atoms with Crippen LogP contribution in [0.5, 0.6) is 11.5 Å². The first-order valence-electron chi connectivity index (χ1n) is 5.29. The monoisotopic (exact) mass is 278 g/mol. The number of anilines is 1. The number of nitrogens with zero attached hydrogens (tertiary/aromatic N) is 1. The Bertz CT molecular complexity index is 370. The molecule has 0 radical (unpaired) electrons. The molecule has 1 aromatic rings. The molecule has 2 aliphatic rings. The van der Waals surface area contributed by atoms with E-state index in [9.17, 15) is 0 Å². The van der Waals surface area contributed by atoms with Crippen molar-refractivity contribution in [3.63, 3.8) is 0 Å². The second-order valence-electron chi connectivity index (χ2n) is 3.77. The van der Waals surface area contributed by atoms with Crippen LogP contribution in [0.25, 0.3) is 0 Å². The minimum atomic E-state index is 0. The van der Waals surface area contributed by atoms with Crippen molar-refractivity contribution in [2.75, 3.05) is 37.9 Å². The largest absolute Gasteiger partial charge is 0.454 e. The van der Waals surface area contributed by atoms with E-state index in [1.807, 2.05) is 6.07 Å². The molecular weight excluding hydrogens is 263 g/mol. The summed E-state index contributed by atoms with van der Waals surface area (Å²) in [5.74, 6) is 1.72. The number of ether oxygens (including phenoxy) is 2. The van der Waals surface area contributed by atoms with Gasteiger partial charge in [0.2, 0.25) is 6.79 Å². The molecule has 1 N–H and O–H groups in total. The fraction of sp³-hybridized carbons (Fsp3) is 0.455. The average molecular weight is 279 g/mol. The molecule has 0 unspecified atom stereocenters. The van der Waals surface area contributed by atoms with Gasteiger partial charge in [0.25, 0.3) is 0 Å². The van der Waals surface area contributed by atoms with Gasteiger partial charge in [0.15, 0.2) is 11.5 Å². The van der Waals surface area contributed by atoms with E-state index in [1.165, 1.54) is 5.69 Å². The lowest BCUT2D eigenvalue weighted by Gasteiger charge is -2.29. The van der Waals surface area contributed by atoms with Gasteiger partial charge in [0, 0.05) is 37.9 Å². The highest BCUT2D eigenvalue weighted by molar-refractivity contribution is 5.85. The van der Waals surface area contributed by atoms with Gasteiger partial charge in [-0.1, -0.05) is 0 Å². The van der Waals surface area contributed by atoms with Crippen molar-refractivity contribution in [1.82, 2.24) is 5.32 Å². The van der Waals surface area contributed by atoms with Crippen molar-refractivity contribution in [3.8, 4) is 11.5 Å². The lowest BCUT2D eigenvalue weighted by Crippen LogP contribution is -2.43. The Morgan fingerprint density at radius 1 is 1.00 bits per heavy atom. The number of nitrogens with one attached hydrogen (secondary N) is 1. The van der Waals surface area contributed by atoms with Crippen LogP contribution in [0.1, 0.15) is 0 Å². The van der Waals surface area contributed by atoms with Crippen LogP contribution in [0.4, 0.5) is 5.69 Å². The highest BCUT2D eigenvalue weighted by atomic mass is 35.5. The smallest absolute Gasteiger partial charge is 0.231 e. The molecule has 1 saturated heterocycles. The van der Waals surface area contributed by atoms with E-state index >= 15 is 0 Å². The first-order valence-corrected chi connectivity index (χ1v) is 5.29. The summed E-state index contributed by atoms with van der Waals surface area (Å²) in [4.78, 5) is 2.36. The summed E-state index contributed by atoms with van der Waals surface area (Å²) in [5, 5.41) is 3.34. The maximum absolute atomic E-state index is 5.37. The Labute approximate surface area is 113 Å². The standard InChI is InChI=1S/C11H14N2O2.2ClH/c1-2-10-11(15-8-14-10)7-9(1)13-5-3-12-4-6-13;;/h1-2,7,12H,3-6,8H2;2*1H. The third-order valence-corrected chi connectivity index (χ3v) is 2.84. The van der Waals surface area contributed by atoms with Gasteiger partial charge in [-0.15, -0.1) is 24.8 Å². The van der Waals surface area contributed by atoms with Gasteiger partial charge in [-0.2, -0.15) is 0 Å². The zero-order valence-corrected chi connectivity index (χ0v) is 11.0. The maximum atomic E-state index is 5.37. The summed E-state index contributed by atoms with van der Waals surface area (Å²) < 4.78 is 10.7. The molecule has 96 valence electrons. The summed E-state index contributed by atoms with van der Waals surface area (Å²) in [6.45, 7) is 4.56. The molecule has 17 heavy (non-hydrogen) atoms. The number of piperazine rings is 1. The summed E-state index contributed by atoms with van der Waals surface area (Å²) >= 11 is 0. The van der Waals surface area contributed by atoms with Crippen LogP contribution in [-0.4, -0.2) is 33.0 Å². The predicted octanol–water partition coefficient (Wildman–Crippen LogP) is 1.67. The summed E-state index contributed by atoms with van der Waals surface area (Å²) in [7, 11) is 0. The summed E-state index contributed by atoms with van der Waals surface area (Å²) in [6.07, 6.45) is 0. The molecule has 0 spiro atoms. The van der Waals surface area contributed by atoms with E-state index < -0.39 is 0 Å². The maximum Gasteiger partial charge on any atom is 0.231 e. The molecular formula is C11H16Cl2N2O2. The van der Waals surface area contributed by atoms with E-state index in [1.54, 1.807) is 0 Å². The molecule has 0 atom stereocenters.